The van der Waals surface area contributed by atoms with E-state index >= 15 is 0 Å². The molecule has 1 amide bonds. The van der Waals surface area contributed by atoms with E-state index in [-0.39, 0.29) is 28.7 Å². The summed E-state index contributed by atoms with van der Waals surface area (Å²) < 4.78 is 0. The van der Waals surface area contributed by atoms with Gasteiger partial charge in [-0.2, -0.15) is 0 Å². The summed E-state index contributed by atoms with van der Waals surface area (Å²) in [4.78, 5) is 37.3. The van der Waals surface area contributed by atoms with E-state index in [0.717, 1.165) is 35.1 Å². The third kappa shape index (κ3) is 3.40. The second-order valence-corrected chi connectivity index (χ2v) is 8.52. The van der Waals surface area contributed by atoms with Crippen molar-refractivity contribution in [3.8, 4) is 0 Å². The van der Waals surface area contributed by atoms with Gasteiger partial charge in [-0.15, -0.1) is 0 Å². The van der Waals surface area contributed by atoms with Crippen LogP contribution in [0.1, 0.15) is 62.6 Å². The fourth-order valence-electron chi connectivity index (χ4n) is 5.19. The van der Waals surface area contributed by atoms with Crippen LogP contribution in [0.2, 0.25) is 0 Å². The molecule has 2 aromatic rings. The Morgan fingerprint density at radius 3 is 2.45 bits per heavy atom. The van der Waals surface area contributed by atoms with Crippen molar-refractivity contribution in [3.63, 3.8) is 0 Å². The number of rotatable bonds is 4. The van der Waals surface area contributed by atoms with E-state index in [1.54, 1.807) is 12.1 Å². The highest BCUT2D eigenvalue weighted by Gasteiger charge is 2.41. The van der Waals surface area contributed by atoms with Gasteiger partial charge in [0.2, 0.25) is 0 Å². The molecule has 2 N–H and O–H groups in total. The van der Waals surface area contributed by atoms with Crippen LogP contribution < -0.4 is 5.32 Å². The summed E-state index contributed by atoms with van der Waals surface area (Å²) in [5.41, 5.74) is 5.32. The minimum Gasteiger partial charge on any atom is -0.478 e. The Morgan fingerprint density at radius 2 is 1.74 bits per heavy atom. The largest absolute Gasteiger partial charge is 0.478 e. The molecular weight excluding hydrogens is 390 g/mol. The standard InChI is InChI=1S/C26H23NO4/c28-17-7-6-16-12-23-20(18-8-9-19(18)22(16)13-17)10-11-21(26(30)31)24(23)25(29)27-14-15-4-2-1-3-5-15/h1-7,10-11,18-19H,8-9,12-14H2,(H,27,29)(H,30,31). The molecule has 0 aliphatic heterocycles. The molecule has 5 rings (SSSR count). The van der Waals surface area contributed by atoms with Crippen LogP contribution in [0.5, 0.6) is 0 Å². The van der Waals surface area contributed by atoms with E-state index in [1.807, 2.05) is 42.5 Å². The minimum absolute atomic E-state index is 0.0279. The number of carbonyl (C=O) groups is 3. The lowest BCUT2D eigenvalue weighted by atomic mass is 9.65. The van der Waals surface area contributed by atoms with E-state index in [1.165, 1.54) is 5.57 Å². The third-order valence-corrected chi connectivity index (χ3v) is 6.84. The van der Waals surface area contributed by atoms with Crippen molar-refractivity contribution in [2.24, 2.45) is 5.92 Å². The van der Waals surface area contributed by atoms with Crippen LogP contribution in [0.15, 0.2) is 65.8 Å². The highest BCUT2D eigenvalue weighted by atomic mass is 16.4. The molecule has 3 aliphatic rings. The molecule has 2 aromatic carbocycles. The van der Waals surface area contributed by atoms with Crippen molar-refractivity contribution in [3.05, 3.63) is 93.6 Å². The lowest BCUT2D eigenvalue weighted by molar-refractivity contribution is -0.114. The van der Waals surface area contributed by atoms with Gasteiger partial charge >= 0.3 is 5.97 Å². The number of amides is 1. The van der Waals surface area contributed by atoms with Crippen LogP contribution >= 0.6 is 0 Å². The Morgan fingerprint density at radius 1 is 0.968 bits per heavy atom. The lowest BCUT2D eigenvalue weighted by Crippen LogP contribution is -2.29. The zero-order valence-corrected chi connectivity index (χ0v) is 17.1. The summed E-state index contributed by atoms with van der Waals surface area (Å²) in [5.74, 6) is -0.812. The number of aromatic carboxylic acids is 1. The zero-order chi connectivity index (χ0) is 21.5. The number of benzene rings is 2. The molecule has 0 radical (unpaired) electrons. The van der Waals surface area contributed by atoms with E-state index in [2.05, 4.69) is 5.32 Å². The minimum atomic E-state index is -1.11. The van der Waals surface area contributed by atoms with Gasteiger partial charge in [-0.1, -0.05) is 48.0 Å². The number of hydrogen-bond acceptors (Lipinski definition) is 3. The number of carboxylic acids is 1. The number of hydrogen-bond donors (Lipinski definition) is 2. The average molecular weight is 413 g/mol. The molecule has 3 aliphatic carbocycles. The number of nitrogens with one attached hydrogen (secondary N) is 1. The molecule has 0 heterocycles. The van der Waals surface area contributed by atoms with Crippen LogP contribution in [0, 0.1) is 5.92 Å². The molecule has 31 heavy (non-hydrogen) atoms. The fourth-order valence-corrected chi connectivity index (χ4v) is 5.19. The van der Waals surface area contributed by atoms with Crippen molar-refractivity contribution in [1.29, 1.82) is 0 Å². The quantitative estimate of drug-likeness (QED) is 0.787. The summed E-state index contributed by atoms with van der Waals surface area (Å²) in [6.07, 6.45) is 6.40. The first kappa shape index (κ1) is 19.5. The topological polar surface area (TPSA) is 83.5 Å². The molecule has 2 unspecified atom stereocenters. The van der Waals surface area contributed by atoms with Gasteiger partial charge in [0.1, 0.15) is 0 Å². The number of carbonyl (C=O) groups excluding carboxylic acids is 2. The first-order valence-electron chi connectivity index (χ1n) is 10.7. The average Bonchev–Trinajstić information content (AvgIpc) is 2.82. The highest BCUT2D eigenvalue weighted by molar-refractivity contribution is 6.06. The van der Waals surface area contributed by atoms with Crippen LogP contribution in [-0.4, -0.2) is 22.8 Å². The molecule has 2 atom stereocenters. The summed E-state index contributed by atoms with van der Waals surface area (Å²) in [6, 6.07) is 13.0. The number of allylic oxidation sites excluding steroid dienone is 4. The van der Waals surface area contributed by atoms with E-state index in [4.69, 9.17) is 0 Å². The molecule has 1 fully saturated rings. The van der Waals surface area contributed by atoms with E-state index in [9.17, 15) is 19.5 Å². The van der Waals surface area contributed by atoms with Gasteiger partial charge < -0.3 is 10.4 Å². The maximum atomic E-state index is 13.3. The molecule has 5 heteroatoms. The SMILES string of the molecule is O=C1C=CC2=C(C1)C1CCC1c1ccc(C(=O)O)c(C(=O)NCc3ccccc3)c1C2. The Balaban J connectivity index is 1.57. The van der Waals surface area contributed by atoms with Gasteiger partial charge in [0, 0.05) is 13.0 Å². The van der Waals surface area contributed by atoms with Gasteiger partial charge in [-0.05, 0) is 65.5 Å². The van der Waals surface area contributed by atoms with Crippen molar-refractivity contribution < 1.29 is 19.5 Å². The summed E-state index contributed by atoms with van der Waals surface area (Å²) in [5, 5.41) is 12.7. The molecule has 5 nitrogen and oxygen atoms in total. The van der Waals surface area contributed by atoms with Crippen molar-refractivity contribution in [2.75, 3.05) is 0 Å². The van der Waals surface area contributed by atoms with E-state index < -0.39 is 5.97 Å². The molecule has 0 saturated heterocycles. The predicted molar refractivity (Wildman–Crippen MR) is 116 cm³/mol. The monoisotopic (exact) mass is 413 g/mol. The molecule has 0 bridgehead atoms. The van der Waals surface area contributed by atoms with Crippen LogP contribution in [0.25, 0.3) is 0 Å². The maximum Gasteiger partial charge on any atom is 0.336 e. The maximum absolute atomic E-state index is 13.3. The Kier molecular flexibility index (Phi) is 4.81. The van der Waals surface area contributed by atoms with Gasteiger partial charge in [0.05, 0.1) is 11.1 Å². The van der Waals surface area contributed by atoms with Gasteiger partial charge in [-0.25, -0.2) is 4.79 Å². The zero-order valence-electron chi connectivity index (χ0n) is 17.1. The van der Waals surface area contributed by atoms with Gasteiger partial charge in [-0.3, -0.25) is 9.59 Å². The summed E-state index contributed by atoms with van der Waals surface area (Å²) >= 11 is 0. The molecule has 156 valence electrons. The number of ketones is 1. The van der Waals surface area contributed by atoms with Crippen LogP contribution in [0.3, 0.4) is 0 Å². The first-order valence-corrected chi connectivity index (χ1v) is 10.7. The van der Waals surface area contributed by atoms with Crippen LogP contribution in [-0.2, 0) is 17.8 Å². The summed E-state index contributed by atoms with van der Waals surface area (Å²) in [7, 11) is 0. The smallest absolute Gasteiger partial charge is 0.336 e. The normalized spacial score (nSPS) is 21.4. The molecule has 0 spiro atoms. The Bertz CT molecular complexity index is 1160. The van der Waals surface area contributed by atoms with Crippen molar-refractivity contribution in [1.82, 2.24) is 5.32 Å². The molecule has 0 aromatic heterocycles. The molecule has 1 saturated carbocycles. The second-order valence-electron chi connectivity index (χ2n) is 8.52. The second kappa shape index (κ2) is 7.65. The van der Waals surface area contributed by atoms with Crippen molar-refractivity contribution >= 4 is 17.7 Å². The summed E-state index contributed by atoms with van der Waals surface area (Å²) in [6.45, 7) is 0.330. The first-order chi connectivity index (χ1) is 15.0. The predicted octanol–water partition coefficient (Wildman–Crippen LogP) is 4.19. The van der Waals surface area contributed by atoms with Gasteiger partial charge in [0.25, 0.3) is 5.91 Å². The highest BCUT2D eigenvalue weighted by Crippen LogP contribution is 2.53. The van der Waals surface area contributed by atoms with Crippen LogP contribution in [0.4, 0.5) is 0 Å². The number of fused-ring (bicyclic) bond motifs is 4. The lowest BCUT2D eigenvalue weighted by Gasteiger charge is -2.39. The van der Waals surface area contributed by atoms with Crippen molar-refractivity contribution in [2.45, 2.75) is 38.1 Å². The molecular formula is C26H23NO4. The number of carboxylic acid groups (broad SMARTS) is 1. The Labute approximate surface area is 180 Å². The Hall–Kier alpha value is -3.47. The van der Waals surface area contributed by atoms with E-state index in [0.29, 0.717) is 25.3 Å². The third-order valence-electron chi connectivity index (χ3n) is 6.84. The fraction of sp³-hybridized carbons (Fsp3) is 0.269. The van der Waals surface area contributed by atoms with Gasteiger partial charge in [0.15, 0.2) is 5.78 Å².